The summed E-state index contributed by atoms with van der Waals surface area (Å²) in [6, 6.07) is 8.57. The number of esters is 1. The number of aromatic nitrogens is 1. The minimum Gasteiger partial charge on any atom is -0.462 e. The van der Waals surface area contributed by atoms with Crippen LogP contribution in [-0.4, -0.2) is 126 Å². The molecule has 1 saturated carbocycles. The number of rotatable bonds is 15. The number of fused-ring (bicyclic) bond motifs is 8. The number of ether oxygens (including phenoxy) is 8. The number of cyclic esters (lactones) is 1. The average molecular weight is 974 g/mol. The van der Waals surface area contributed by atoms with Gasteiger partial charge in [-0.3, -0.25) is 9.59 Å². The quantitative estimate of drug-likeness (QED) is 0.125. The molecule has 2 saturated heterocycles. The number of likely N-dealkylation sites (N-methyl/N-ethyl adjacent to an activating group) is 1. The molecule has 3 aliphatic carbocycles. The fourth-order valence-electron chi connectivity index (χ4n) is 11.8. The molecule has 2 aliphatic heterocycles. The van der Waals surface area contributed by atoms with E-state index in [1.807, 2.05) is 19.1 Å². The molecular formula is C50H73BrN2O10S. The van der Waals surface area contributed by atoms with Gasteiger partial charge in [-0.15, -0.1) is 11.3 Å². The van der Waals surface area contributed by atoms with E-state index in [4.69, 9.17) is 42.9 Å². The lowest BCUT2D eigenvalue weighted by atomic mass is 9.67. The molecule has 14 heteroatoms. The molecule has 12 nitrogen and oxygen atoms in total. The van der Waals surface area contributed by atoms with Crippen molar-refractivity contribution in [3.05, 3.63) is 51.0 Å². The Kier molecular flexibility index (Phi) is 17.0. The summed E-state index contributed by atoms with van der Waals surface area (Å²) in [6.07, 6.45) is 5.32. The van der Waals surface area contributed by atoms with Gasteiger partial charge in [-0.05, 0) is 108 Å². The molecule has 3 fully saturated rings. The SMILES string of the molecule is CC[C@H]1CCC[C@H](O[C@H]2CC[C@H](N(C)C)C(C)O2)[C@@H](C)C(=O)C2=C[C@H]3[C@@H]4C[C@H](OC(OC)C(OC)C(OC)C(OC)C(C)C)C[C@H]4c4sc(-c5ccc(Br)cc5)nc4[C@H]3[C@@H]2CC(=O)O1. The van der Waals surface area contributed by atoms with E-state index in [1.165, 1.54) is 4.88 Å². The minimum absolute atomic E-state index is 0.00461. The van der Waals surface area contributed by atoms with Crippen molar-refractivity contribution in [3.63, 3.8) is 0 Å². The van der Waals surface area contributed by atoms with E-state index < -0.39 is 30.3 Å². The second kappa shape index (κ2) is 21.9. The first-order chi connectivity index (χ1) is 30.7. The number of benzene rings is 1. The summed E-state index contributed by atoms with van der Waals surface area (Å²) < 4.78 is 51.6. The molecular weight excluding hydrogens is 901 g/mol. The highest BCUT2D eigenvalue weighted by Gasteiger charge is 2.56. The Balaban J connectivity index is 1.24. The number of carbonyl (C=O) groups excluding carboxylic acids is 2. The van der Waals surface area contributed by atoms with Gasteiger partial charge in [0.05, 0.1) is 36.5 Å². The standard InChI is InChI=1S/C50H73BrN2O10S/c1-12-31-14-13-15-39(63-41-21-20-38(53(6)7)28(5)60-41)27(4)44(55)36-24-34-33-22-32(62-50(59-11)47(58-10)46(57-9)45(56-8)26(2)3)23-37(33)48-43(42(34)35(36)25-40(54)61-31)52-49(64-48)29-16-18-30(51)19-17-29/h16-19,24,26-28,31-35,37-39,41-42,45-47,50H,12-15,20-23,25H2,1-11H3/t27-,28?,31+,32+,33+,34+,35-,37-,38+,39+,41+,42-,45?,46?,47?,50?/m1/s1. The number of allylic oxidation sites excluding steroid dienone is 2. The van der Waals surface area contributed by atoms with E-state index >= 15 is 4.79 Å². The number of thiazole rings is 1. The molecule has 64 heavy (non-hydrogen) atoms. The van der Waals surface area contributed by atoms with Crippen LogP contribution in [0.15, 0.2) is 40.4 Å². The maximum atomic E-state index is 15.3. The number of hydrogen-bond acceptors (Lipinski definition) is 13. The first kappa shape index (κ1) is 49.8. The molecule has 0 N–H and O–H groups in total. The van der Waals surface area contributed by atoms with E-state index in [0.29, 0.717) is 24.5 Å². The monoisotopic (exact) mass is 972 g/mol. The fraction of sp³-hybridized carbons (Fsp3) is 0.740. The van der Waals surface area contributed by atoms with Crippen molar-refractivity contribution in [2.45, 2.75) is 166 Å². The van der Waals surface area contributed by atoms with Crippen molar-refractivity contribution >= 4 is 39.0 Å². The van der Waals surface area contributed by atoms with Gasteiger partial charge in [-0.25, -0.2) is 4.98 Å². The molecule has 5 aliphatic rings. The lowest BCUT2D eigenvalue weighted by Crippen LogP contribution is -2.51. The molecule has 356 valence electrons. The summed E-state index contributed by atoms with van der Waals surface area (Å²) in [4.78, 5) is 38.3. The summed E-state index contributed by atoms with van der Waals surface area (Å²) in [5.41, 5.74) is 2.73. The minimum atomic E-state index is -0.728. The van der Waals surface area contributed by atoms with Crippen LogP contribution in [0.5, 0.6) is 0 Å². The number of Topliss-reactive ketones (excluding diaryl/α,β-unsaturated/α-hetero) is 1. The molecule has 0 radical (unpaired) electrons. The van der Waals surface area contributed by atoms with Gasteiger partial charge in [-0.2, -0.15) is 0 Å². The van der Waals surface area contributed by atoms with Crippen LogP contribution in [0.1, 0.15) is 115 Å². The Labute approximate surface area is 393 Å². The number of halogens is 1. The number of ketones is 1. The Morgan fingerprint density at radius 3 is 2.25 bits per heavy atom. The number of nitrogens with zero attached hydrogens (tertiary/aromatic N) is 2. The van der Waals surface area contributed by atoms with Crippen LogP contribution in [0.3, 0.4) is 0 Å². The average Bonchev–Trinajstić information content (AvgIpc) is 4.00. The smallest absolute Gasteiger partial charge is 0.306 e. The van der Waals surface area contributed by atoms with Crippen LogP contribution in [0.4, 0.5) is 0 Å². The van der Waals surface area contributed by atoms with Crippen molar-refractivity contribution in [1.29, 1.82) is 0 Å². The van der Waals surface area contributed by atoms with Gasteiger partial charge in [0.2, 0.25) is 0 Å². The summed E-state index contributed by atoms with van der Waals surface area (Å²) in [6.45, 7) is 10.4. The lowest BCUT2D eigenvalue weighted by Gasteiger charge is -2.40. The Morgan fingerprint density at radius 2 is 1.62 bits per heavy atom. The Morgan fingerprint density at radius 1 is 0.906 bits per heavy atom. The van der Waals surface area contributed by atoms with Gasteiger partial charge in [0, 0.05) is 73.1 Å². The predicted molar refractivity (Wildman–Crippen MR) is 250 cm³/mol. The highest BCUT2D eigenvalue weighted by atomic mass is 79.9. The topological polar surface area (TPSA) is 124 Å². The van der Waals surface area contributed by atoms with E-state index in [2.05, 4.69) is 80.8 Å². The van der Waals surface area contributed by atoms with Gasteiger partial charge < -0.3 is 42.8 Å². The van der Waals surface area contributed by atoms with Crippen LogP contribution in [0.2, 0.25) is 0 Å². The second-order valence-electron chi connectivity index (χ2n) is 19.4. The number of carbonyl (C=O) groups is 2. The molecule has 0 amide bonds. The predicted octanol–water partition coefficient (Wildman–Crippen LogP) is 9.34. The second-order valence-corrected chi connectivity index (χ2v) is 21.4. The maximum absolute atomic E-state index is 15.3. The number of hydrogen-bond donors (Lipinski definition) is 0. The van der Waals surface area contributed by atoms with Crippen molar-refractivity contribution in [2.24, 2.45) is 29.6 Å². The summed E-state index contributed by atoms with van der Waals surface area (Å²) in [7, 11) is 10.8. The van der Waals surface area contributed by atoms with E-state index in [0.717, 1.165) is 59.3 Å². The van der Waals surface area contributed by atoms with Crippen molar-refractivity contribution in [1.82, 2.24) is 9.88 Å². The molecule has 1 aromatic heterocycles. The van der Waals surface area contributed by atoms with Crippen molar-refractivity contribution < 1.29 is 47.5 Å². The fourth-order valence-corrected chi connectivity index (χ4v) is 13.3. The molecule has 0 bridgehead atoms. The summed E-state index contributed by atoms with van der Waals surface area (Å²) in [5, 5.41) is 0.930. The third kappa shape index (κ3) is 10.5. The van der Waals surface area contributed by atoms with Crippen LogP contribution >= 0.6 is 27.3 Å². The van der Waals surface area contributed by atoms with E-state index in [-0.39, 0.29) is 84.6 Å². The van der Waals surface area contributed by atoms with Crippen LogP contribution in [-0.2, 0) is 47.5 Å². The van der Waals surface area contributed by atoms with Crippen LogP contribution < -0.4 is 0 Å². The summed E-state index contributed by atoms with van der Waals surface area (Å²) in [5.74, 6) is -0.869. The molecule has 0 spiro atoms. The largest absolute Gasteiger partial charge is 0.462 e. The zero-order chi connectivity index (χ0) is 46.0. The molecule has 16 atom stereocenters. The highest BCUT2D eigenvalue weighted by Crippen LogP contribution is 2.63. The van der Waals surface area contributed by atoms with Gasteiger partial charge in [0.25, 0.3) is 0 Å². The third-order valence-corrected chi connectivity index (χ3v) is 16.8. The van der Waals surface area contributed by atoms with Gasteiger partial charge in [0.15, 0.2) is 18.4 Å². The molecule has 3 heterocycles. The molecule has 7 rings (SSSR count). The first-order valence-electron chi connectivity index (χ1n) is 23.7. The maximum Gasteiger partial charge on any atom is 0.306 e. The molecule has 5 unspecified atom stereocenters. The third-order valence-electron chi connectivity index (χ3n) is 15.1. The highest BCUT2D eigenvalue weighted by molar-refractivity contribution is 9.10. The zero-order valence-corrected chi connectivity index (χ0v) is 42.2. The van der Waals surface area contributed by atoms with Crippen molar-refractivity contribution in [3.8, 4) is 10.6 Å². The zero-order valence-electron chi connectivity index (χ0n) is 39.8. The summed E-state index contributed by atoms with van der Waals surface area (Å²) >= 11 is 5.34. The van der Waals surface area contributed by atoms with Gasteiger partial charge >= 0.3 is 5.97 Å². The Hall–Kier alpha value is -2.11. The first-order valence-corrected chi connectivity index (χ1v) is 25.3. The lowest BCUT2D eigenvalue weighted by molar-refractivity contribution is -0.246. The van der Waals surface area contributed by atoms with Gasteiger partial charge in [0.1, 0.15) is 23.3 Å². The normalized spacial score (nSPS) is 34.1. The van der Waals surface area contributed by atoms with Crippen LogP contribution in [0, 0.1) is 29.6 Å². The Bertz CT molecular complexity index is 1910. The van der Waals surface area contributed by atoms with Gasteiger partial charge in [-0.1, -0.05) is 61.8 Å². The van der Waals surface area contributed by atoms with Crippen molar-refractivity contribution in [2.75, 3.05) is 42.5 Å². The molecule has 1 aromatic carbocycles. The van der Waals surface area contributed by atoms with Crippen LogP contribution in [0.25, 0.3) is 10.6 Å². The van der Waals surface area contributed by atoms with E-state index in [1.54, 1.807) is 39.8 Å². The van der Waals surface area contributed by atoms with E-state index in [9.17, 15) is 4.79 Å². The molecule has 2 aromatic rings. The number of methoxy groups -OCH3 is 4.